The van der Waals surface area contributed by atoms with Crippen LogP contribution < -0.4 is 5.73 Å². The molecule has 0 aliphatic rings. The fourth-order valence-corrected chi connectivity index (χ4v) is 2.74. The van der Waals surface area contributed by atoms with E-state index in [-0.39, 0.29) is 11.9 Å². The predicted octanol–water partition coefficient (Wildman–Crippen LogP) is 3.00. The van der Waals surface area contributed by atoms with E-state index in [1.165, 1.54) is 6.07 Å². The highest BCUT2D eigenvalue weighted by Gasteiger charge is 2.24. The molecule has 0 aliphatic carbocycles. The standard InChI is InChI=1S/C16H27ClFN3/c1-12(2)11-21(9-8-20(3)4)15(10-19)16-13(17)6-5-7-14(16)18/h5-7,12,15H,8-11,19H2,1-4H3. The molecule has 0 saturated carbocycles. The first kappa shape index (κ1) is 18.4. The largest absolute Gasteiger partial charge is 0.329 e. The number of benzene rings is 1. The number of nitrogens with two attached hydrogens (primary N) is 1. The second-order valence-electron chi connectivity index (χ2n) is 6.08. The van der Waals surface area contributed by atoms with Crippen molar-refractivity contribution in [2.75, 3.05) is 40.3 Å². The normalized spacial score (nSPS) is 13.4. The summed E-state index contributed by atoms with van der Waals surface area (Å²) in [5.41, 5.74) is 6.46. The van der Waals surface area contributed by atoms with Gasteiger partial charge in [-0.3, -0.25) is 4.90 Å². The van der Waals surface area contributed by atoms with E-state index < -0.39 is 0 Å². The van der Waals surface area contributed by atoms with E-state index in [0.29, 0.717) is 23.0 Å². The van der Waals surface area contributed by atoms with Crippen LogP contribution in [0.4, 0.5) is 4.39 Å². The first-order chi connectivity index (χ1) is 9.86. The molecule has 0 aromatic heterocycles. The molecule has 0 heterocycles. The van der Waals surface area contributed by atoms with Crippen molar-refractivity contribution in [1.29, 1.82) is 0 Å². The summed E-state index contributed by atoms with van der Waals surface area (Å²) in [7, 11) is 4.06. The maximum Gasteiger partial charge on any atom is 0.129 e. The Morgan fingerprint density at radius 3 is 2.38 bits per heavy atom. The van der Waals surface area contributed by atoms with Gasteiger partial charge in [-0.2, -0.15) is 0 Å². The summed E-state index contributed by atoms with van der Waals surface area (Å²) in [4.78, 5) is 4.35. The van der Waals surface area contributed by atoms with Crippen LogP contribution in [0.2, 0.25) is 5.02 Å². The fraction of sp³-hybridized carbons (Fsp3) is 0.625. The highest BCUT2D eigenvalue weighted by Crippen LogP contribution is 2.30. The van der Waals surface area contributed by atoms with Crippen molar-refractivity contribution in [2.24, 2.45) is 11.7 Å². The number of halogens is 2. The number of hydrogen-bond acceptors (Lipinski definition) is 3. The molecule has 1 rings (SSSR count). The van der Waals surface area contributed by atoms with E-state index in [1.807, 2.05) is 14.1 Å². The summed E-state index contributed by atoms with van der Waals surface area (Å²) >= 11 is 6.21. The first-order valence-corrected chi connectivity index (χ1v) is 7.77. The average molecular weight is 316 g/mol. The molecule has 120 valence electrons. The zero-order valence-corrected chi connectivity index (χ0v) is 14.2. The van der Waals surface area contributed by atoms with Crippen LogP contribution in [-0.2, 0) is 0 Å². The van der Waals surface area contributed by atoms with Crippen LogP contribution in [0.25, 0.3) is 0 Å². The summed E-state index contributed by atoms with van der Waals surface area (Å²) in [6.07, 6.45) is 0. The molecule has 0 aliphatic heterocycles. The molecule has 3 nitrogen and oxygen atoms in total. The highest BCUT2D eigenvalue weighted by molar-refractivity contribution is 6.31. The molecule has 2 N–H and O–H groups in total. The molecular formula is C16H27ClFN3. The van der Waals surface area contributed by atoms with Crippen LogP contribution in [0.1, 0.15) is 25.5 Å². The summed E-state index contributed by atoms with van der Waals surface area (Å²) in [6.45, 7) is 7.24. The second-order valence-corrected chi connectivity index (χ2v) is 6.49. The summed E-state index contributed by atoms with van der Waals surface area (Å²) in [5, 5.41) is 0.448. The van der Waals surface area contributed by atoms with E-state index in [4.69, 9.17) is 17.3 Å². The Hall–Kier alpha value is -0.680. The second kappa shape index (κ2) is 8.69. The van der Waals surface area contributed by atoms with Gasteiger partial charge in [-0.15, -0.1) is 0 Å². The Labute approximate surface area is 132 Å². The minimum absolute atomic E-state index is 0.193. The fourth-order valence-electron chi connectivity index (χ4n) is 2.45. The van der Waals surface area contributed by atoms with Gasteiger partial charge in [0.25, 0.3) is 0 Å². The van der Waals surface area contributed by atoms with Gasteiger partial charge in [-0.05, 0) is 32.1 Å². The Bertz CT molecular complexity index is 417. The van der Waals surface area contributed by atoms with Gasteiger partial charge in [0.2, 0.25) is 0 Å². The van der Waals surface area contributed by atoms with E-state index in [9.17, 15) is 4.39 Å². The minimum atomic E-state index is -0.281. The van der Waals surface area contributed by atoms with Gasteiger partial charge < -0.3 is 10.6 Å². The van der Waals surface area contributed by atoms with Crippen LogP contribution in [0.3, 0.4) is 0 Å². The molecule has 0 radical (unpaired) electrons. The maximum atomic E-state index is 14.2. The van der Waals surface area contributed by atoms with Crippen molar-refractivity contribution in [2.45, 2.75) is 19.9 Å². The smallest absolute Gasteiger partial charge is 0.129 e. The first-order valence-electron chi connectivity index (χ1n) is 7.39. The van der Waals surface area contributed by atoms with E-state index in [1.54, 1.807) is 12.1 Å². The lowest BCUT2D eigenvalue weighted by molar-refractivity contribution is 0.161. The lowest BCUT2D eigenvalue weighted by Gasteiger charge is -2.34. The molecule has 1 aromatic rings. The van der Waals surface area contributed by atoms with Gasteiger partial charge in [0.1, 0.15) is 5.82 Å². The number of hydrogen-bond donors (Lipinski definition) is 1. The topological polar surface area (TPSA) is 32.5 Å². The third-order valence-corrected chi connectivity index (χ3v) is 3.76. The molecule has 0 fully saturated rings. The molecule has 1 atom stereocenters. The monoisotopic (exact) mass is 315 g/mol. The predicted molar refractivity (Wildman–Crippen MR) is 88.2 cm³/mol. The van der Waals surface area contributed by atoms with Crippen molar-refractivity contribution < 1.29 is 4.39 Å². The molecule has 1 aromatic carbocycles. The summed E-state index contributed by atoms with van der Waals surface area (Å²) in [5.74, 6) is 0.198. The number of nitrogens with zero attached hydrogens (tertiary/aromatic N) is 2. The molecule has 1 unspecified atom stereocenters. The Kier molecular flexibility index (Phi) is 7.60. The number of rotatable bonds is 8. The van der Waals surface area contributed by atoms with Gasteiger partial charge >= 0.3 is 0 Å². The zero-order valence-electron chi connectivity index (χ0n) is 13.4. The SMILES string of the molecule is CC(C)CN(CCN(C)C)C(CN)c1c(F)cccc1Cl. The minimum Gasteiger partial charge on any atom is -0.329 e. The summed E-state index contributed by atoms with van der Waals surface area (Å²) in [6, 6.07) is 4.60. The van der Waals surface area contributed by atoms with Crippen molar-refractivity contribution in [3.8, 4) is 0 Å². The Morgan fingerprint density at radius 2 is 1.90 bits per heavy atom. The molecule has 0 amide bonds. The van der Waals surface area contributed by atoms with Gasteiger partial charge in [-0.1, -0.05) is 31.5 Å². The van der Waals surface area contributed by atoms with E-state index in [2.05, 4.69) is 23.6 Å². The molecule has 21 heavy (non-hydrogen) atoms. The lowest BCUT2D eigenvalue weighted by atomic mass is 10.0. The van der Waals surface area contributed by atoms with Crippen LogP contribution in [-0.4, -0.2) is 50.1 Å². The molecule has 0 saturated heterocycles. The van der Waals surface area contributed by atoms with Gasteiger partial charge in [0.05, 0.1) is 6.04 Å². The van der Waals surface area contributed by atoms with E-state index in [0.717, 1.165) is 19.6 Å². The van der Waals surface area contributed by atoms with E-state index >= 15 is 0 Å². The zero-order chi connectivity index (χ0) is 16.0. The highest BCUT2D eigenvalue weighted by atomic mass is 35.5. The van der Waals surface area contributed by atoms with Crippen LogP contribution in [0.5, 0.6) is 0 Å². The molecular weight excluding hydrogens is 289 g/mol. The van der Waals surface area contributed by atoms with Crippen LogP contribution >= 0.6 is 11.6 Å². The van der Waals surface area contributed by atoms with Gasteiger partial charge in [0, 0.05) is 36.8 Å². The van der Waals surface area contributed by atoms with Crippen LogP contribution in [0, 0.1) is 11.7 Å². The van der Waals surface area contributed by atoms with Crippen molar-refractivity contribution in [3.05, 3.63) is 34.6 Å². The third-order valence-electron chi connectivity index (χ3n) is 3.43. The van der Waals surface area contributed by atoms with Gasteiger partial charge in [0.15, 0.2) is 0 Å². The third kappa shape index (κ3) is 5.55. The summed E-state index contributed by atoms with van der Waals surface area (Å²) < 4.78 is 14.2. The van der Waals surface area contributed by atoms with Gasteiger partial charge in [-0.25, -0.2) is 4.39 Å². The molecule has 0 bridgehead atoms. The molecule has 5 heteroatoms. The quantitative estimate of drug-likeness (QED) is 0.800. The Balaban J connectivity index is 3.05. The maximum absolute atomic E-state index is 14.2. The van der Waals surface area contributed by atoms with Crippen molar-refractivity contribution in [1.82, 2.24) is 9.80 Å². The molecule has 0 spiro atoms. The Morgan fingerprint density at radius 1 is 1.24 bits per heavy atom. The van der Waals surface area contributed by atoms with Crippen molar-refractivity contribution in [3.63, 3.8) is 0 Å². The van der Waals surface area contributed by atoms with Crippen LogP contribution in [0.15, 0.2) is 18.2 Å². The lowest BCUT2D eigenvalue weighted by Crippen LogP contribution is -2.40. The van der Waals surface area contributed by atoms with Crippen molar-refractivity contribution >= 4 is 11.6 Å². The number of likely N-dealkylation sites (N-methyl/N-ethyl adjacent to an activating group) is 1. The average Bonchev–Trinajstić information content (AvgIpc) is 2.39.